The van der Waals surface area contributed by atoms with Gasteiger partial charge in [0.2, 0.25) is 10.0 Å². The molecule has 0 radical (unpaired) electrons. The average molecular weight is 396 g/mol. The van der Waals surface area contributed by atoms with Crippen LogP contribution in [0.5, 0.6) is 0 Å². The van der Waals surface area contributed by atoms with Crippen molar-refractivity contribution in [3.63, 3.8) is 0 Å². The van der Waals surface area contributed by atoms with Gasteiger partial charge in [-0.1, -0.05) is 15.9 Å². The number of aromatic carboxylic acids is 1. The van der Waals surface area contributed by atoms with Gasteiger partial charge < -0.3 is 5.11 Å². The third-order valence-corrected chi connectivity index (χ3v) is 6.67. The smallest absolute Gasteiger partial charge is 0.335 e. The summed E-state index contributed by atoms with van der Waals surface area (Å²) < 4.78 is 27.6. The second kappa shape index (κ2) is 6.68. The van der Waals surface area contributed by atoms with Crippen LogP contribution in [-0.2, 0) is 10.0 Å². The first-order valence-electron chi connectivity index (χ1n) is 6.08. The quantitative estimate of drug-likeness (QED) is 0.773. The average Bonchev–Trinajstić information content (AvgIpc) is 2.39. The molecule has 0 bridgehead atoms. The molecule has 21 heavy (non-hydrogen) atoms. The van der Waals surface area contributed by atoms with E-state index in [-0.39, 0.29) is 21.8 Å². The molecule has 118 valence electrons. The lowest BCUT2D eigenvalue weighted by atomic mass is 10.1. The molecule has 0 aliphatic heterocycles. The second-order valence-corrected chi connectivity index (χ2v) is 9.28. The van der Waals surface area contributed by atoms with Crippen molar-refractivity contribution in [1.82, 2.24) is 4.72 Å². The largest absolute Gasteiger partial charge is 0.478 e. The SMILES string of the molecule is CSC(C)(C)CNS(=O)(=O)c1cc(C(=O)O)cc(Br)c1C. The van der Waals surface area contributed by atoms with Crippen LogP contribution >= 0.6 is 27.7 Å². The molecule has 1 rings (SSSR count). The van der Waals surface area contributed by atoms with Gasteiger partial charge in [0.15, 0.2) is 0 Å². The van der Waals surface area contributed by atoms with Crippen LogP contribution in [-0.4, -0.2) is 37.0 Å². The molecule has 0 spiro atoms. The molecule has 1 aromatic rings. The first-order valence-corrected chi connectivity index (χ1v) is 9.58. The Morgan fingerprint density at radius 1 is 1.43 bits per heavy atom. The zero-order valence-electron chi connectivity index (χ0n) is 12.2. The van der Waals surface area contributed by atoms with E-state index in [4.69, 9.17) is 5.11 Å². The Bertz CT molecular complexity index is 656. The van der Waals surface area contributed by atoms with E-state index in [0.717, 1.165) is 0 Å². The summed E-state index contributed by atoms with van der Waals surface area (Å²) in [6.07, 6.45) is 1.90. The maximum atomic E-state index is 12.4. The molecular formula is C13H18BrNO4S2. The maximum Gasteiger partial charge on any atom is 0.335 e. The van der Waals surface area contributed by atoms with E-state index in [9.17, 15) is 13.2 Å². The van der Waals surface area contributed by atoms with Crippen LogP contribution < -0.4 is 4.72 Å². The molecule has 0 atom stereocenters. The highest BCUT2D eigenvalue weighted by molar-refractivity contribution is 9.10. The van der Waals surface area contributed by atoms with Gasteiger partial charge in [0.1, 0.15) is 0 Å². The molecule has 0 heterocycles. The number of nitrogens with one attached hydrogen (secondary N) is 1. The summed E-state index contributed by atoms with van der Waals surface area (Å²) in [5.74, 6) is -1.17. The molecular weight excluding hydrogens is 378 g/mol. The fourth-order valence-electron chi connectivity index (χ4n) is 1.47. The number of hydrogen-bond donors (Lipinski definition) is 2. The van der Waals surface area contributed by atoms with Crippen molar-refractivity contribution in [1.29, 1.82) is 0 Å². The number of carboxylic acid groups (broad SMARTS) is 1. The highest BCUT2D eigenvalue weighted by Gasteiger charge is 2.24. The van der Waals surface area contributed by atoms with Gasteiger partial charge in [-0.15, -0.1) is 0 Å². The minimum atomic E-state index is -3.77. The van der Waals surface area contributed by atoms with Crippen molar-refractivity contribution in [3.05, 3.63) is 27.7 Å². The zero-order valence-corrected chi connectivity index (χ0v) is 15.4. The normalized spacial score (nSPS) is 12.4. The molecule has 0 aliphatic carbocycles. The Hall–Kier alpha value is -0.570. The van der Waals surface area contributed by atoms with Crippen molar-refractivity contribution < 1.29 is 18.3 Å². The molecule has 0 amide bonds. The third kappa shape index (κ3) is 4.70. The minimum absolute atomic E-state index is 0.0221. The number of carboxylic acids is 1. The first kappa shape index (κ1) is 18.5. The van der Waals surface area contributed by atoms with Crippen molar-refractivity contribution >= 4 is 43.7 Å². The Morgan fingerprint density at radius 3 is 2.48 bits per heavy atom. The maximum absolute atomic E-state index is 12.4. The summed E-state index contributed by atoms with van der Waals surface area (Å²) in [5, 5.41) is 9.05. The van der Waals surface area contributed by atoms with E-state index in [1.807, 2.05) is 20.1 Å². The minimum Gasteiger partial charge on any atom is -0.478 e. The van der Waals surface area contributed by atoms with Crippen molar-refractivity contribution in [2.24, 2.45) is 0 Å². The van der Waals surface area contributed by atoms with Crippen molar-refractivity contribution in [2.45, 2.75) is 30.4 Å². The Labute approximate surface area is 137 Å². The molecule has 8 heteroatoms. The standard InChI is InChI=1S/C13H18BrNO4S2/c1-8-10(14)5-9(12(16)17)6-11(8)21(18,19)15-7-13(2,3)20-4/h5-6,15H,7H2,1-4H3,(H,16,17). The third-order valence-electron chi connectivity index (χ3n) is 3.07. The number of rotatable bonds is 6. The molecule has 0 unspecified atom stereocenters. The van der Waals surface area contributed by atoms with Gasteiger partial charge in [0.05, 0.1) is 10.5 Å². The number of thioether (sulfide) groups is 1. The summed E-state index contributed by atoms with van der Waals surface area (Å²) in [6, 6.07) is 2.57. The fraction of sp³-hybridized carbons (Fsp3) is 0.462. The Balaban J connectivity index is 3.22. The van der Waals surface area contributed by atoms with Crippen molar-refractivity contribution in [2.75, 3.05) is 12.8 Å². The van der Waals surface area contributed by atoms with Gasteiger partial charge in [-0.05, 0) is 44.7 Å². The summed E-state index contributed by atoms with van der Waals surface area (Å²) in [7, 11) is -3.77. The zero-order chi connectivity index (χ0) is 16.4. The number of halogens is 1. The number of carbonyl (C=O) groups is 1. The lowest BCUT2D eigenvalue weighted by Crippen LogP contribution is -2.36. The molecule has 5 nitrogen and oxygen atoms in total. The molecule has 0 aromatic heterocycles. The Kier molecular flexibility index (Phi) is 5.88. The van der Waals surface area contributed by atoms with Gasteiger partial charge in [-0.2, -0.15) is 11.8 Å². The molecule has 1 aromatic carbocycles. The van der Waals surface area contributed by atoms with Crippen LogP contribution in [0.15, 0.2) is 21.5 Å². The van der Waals surface area contributed by atoms with E-state index in [1.165, 1.54) is 12.1 Å². The fourth-order valence-corrected chi connectivity index (χ4v) is 3.88. The van der Waals surface area contributed by atoms with E-state index in [2.05, 4.69) is 20.7 Å². The van der Waals surface area contributed by atoms with E-state index in [1.54, 1.807) is 18.7 Å². The molecule has 0 aliphatic rings. The van der Waals surface area contributed by atoms with Gasteiger partial charge in [-0.25, -0.2) is 17.9 Å². The molecule has 0 saturated carbocycles. The van der Waals surface area contributed by atoms with Gasteiger partial charge in [0, 0.05) is 15.8 Å². The van der Waals surface area contributed by atoms with E-state index in [0.29, 0.717) is 10.0 Å². The first-order chi connectivity index (χ1) is 9.50. The second-order valence-electron chi connectivity index (χ2n) is 5.17. The van der Waals surface area contributed by atoms with Crippen LogP contribution in [0.25, 0.3) is 0 Å². The molecule has 0 fully saturated rings. The van der Waals surface area contributed by atoms with Crippen LogP contribution in [0.4, 0.5) is 0 Å². The summed E-state index contributed by atoms with van der Waals surface area (Å²) in [6.45, 7) is 5.74. The van der Waals surface area contributed by atoms with E-state index < -0.39 is 16.0 Å². The monoisotopic (exact) mass is 395 g/mol. The summed E-state index contributed by atoms with van der Waals surface area (Å²) >= 11 is 4.75. The topological polar surface area (TPSA) is 83.5 Å². The predicted molar refractivity (Wildman–Crippen MR) is 88.6 cm³/mol. The molecule has 0 saturated heterocycles. The van der Waals surface area contributed by atoms with Crippen LogP contribution in [0.1, 0.15) is 29.8 Å². The molecule has 2 N–H and O–H groups in total. The predicted octanol–water partition coefficient (Wildman–Crippen LogP) is 2.88. The van der Waals surface area contributed by atoms with Crippen LogP contribution in [0.3, 0.4) is 0 Å². The summed E-state index contributed by atoms with van der Waals surface area (Å²) in [5.41, 5.74) is 0.409. The Morgan fingerprint density at radius 2 is 2.00 bits per heavy atom. The number of hydrogen-bond acceptors (Lipinski definition) is 4. The summed E-state index contributed by atoms with van der Waals surface area (Å²) in [4.78, 5) is 11.0. The van der Waals surface area contributed by atoms with Gasteiger partial charge in [0.25, 0.3) is 0 Å². The van der Waals surface area contributed by atoms with Crippen molar-refractivity contribution in [3.8, 4) is 0 Å². The van der Waals surface area contributed by atoms with Gasteiger partial charge in [-0.3, -0.25) is 0 Å². The van der Waals surface area contributed by atoms with Crippen LogP contribution in [0, 0.1) is 6.92 Å². The van der Waals surface area contributed by atoms with Crippen LogP contribution in [0.2, 0.25) is 0 Å². The number of benzene rings is 1. The highest BCUT2D eigenvalue weighted by atomic mass is 79.9. The highest BCUT2D eigenvalue weighted by Crippen LogP contribution is 2.27. The number of sulfonamides is 1. The van der Waals surface area contributed by atoms with E-state index >= 15 is 0 Å². The lowest BCUT2D eigenvalue weighted by molar-refractivity contribution is 0.0696. The lowest BCUT2D eigenvalue weighted by Gasteiger charge is -2.22. The van der Waals surface area contributed by atoms with Gasteiger partial charge >= 0.3 is 5.97 Å².